The van der Waals surface area contributed by atoms with Crippen molar-refractivity contribution in [2.45, 2.75) is 0 Å². The van der Waals surface area contributed by atoms with Gasteiger partial charge in [0.1, 0.15) is 0 Å². The Bertz CT molecular complexity index is 548. The van der Waals surface area contributed by atoms with Gasteiger partial charge in [-0.15, -0.1) is 23.5 Å². The molecule has 0 N–H and O–H groups in total. The Balaban J connectivity index is 0.00000108. The van der Waals surface area contributed by atoms with Crippen molar-refractivity contribution in [3.63, 3.8) is 0 Å². The monoisotopic (exact) mass is 402 g/mol. The summed E-state index contributed by atoms with van der Waals surface area (Å²) in [5, 5.41) is 8.48. The molecule has 0 saturated heterocycles. The quantitative estimate of drug-likeness (QED) is 0.684. The average molecular weight is 401 g/mol. The molecule has 2 aromatic carbocycles. The zero-order valence-corrected chi connectivity index (χ0v) is 11.7. The first-order valence-corrected chi connectivity index (χ1v) is 5.14. The Morgan fingerprint density at radius 2 is 2.06 bits per heavy atom. The van der Waals surface area contributed by atoms with Crippen LogP contribution in [-0.2, 0) is 20.1 Å². The van der Waals surface area contributed by atoms with Crippen LogP contribution in [0.2, 0.25) is 0 Å². The third-order valence-electron chi connectivity index (χ3n) is 2.58. The molecule has 3 rings (SSSR count). The molecule has 3 nitrogen and oxygen atoms in total. The normalized spacial score (nSPS) is 14.2. The number of benzene rings is 2. The van der Waals surface area contributed by atoms with Gasteiger partial charge in [-0.3, -0.25) is 0 Å². The summed E-state index contributed by atoms with van der Waals surface area (Å²) >= 11 is 0. The molecule has 1 aliphatic heterocycles. The molecule has 0 spiro atoms. The van der Waals surface area contributed by atoms with Crippen molar-refractivity contribution in [2.75, 3.05) is 12.1 Å². The van der Waals surface area contributed by atoms with Crippen LogP contribution in [0.1, 0.15) is 0 Å². The van der Waals surface area contributed by atoms with Gasteiger partial charge in [-0.05, 0) is 7.05 Å². The maximum Gasteiger partial charge on any atom is 0.0803 e. The molecule has 0 saturated carbocycles. The molecule has 0 bridgehead atoms. The molecule has 17 heavy (non-hydrogen) atoms. The first kappa shape index (κ1) is 12.1. The summed E-state index contributed by atoms with van der Waals surface area (Å²) in [6, 6.07) is 15.5. The maximum absolute atomic E-state index is 4.28. The second-order valence-corrected chi connectivity index (χ2v) is 3.77. The minimum atomic E-state index is 0. The summed E-state index contributed by atoms with van der Waals surface area (Å²) in [5.41, 5.74) is 0.985. The number of hydrazone groups is 1. The number of hydrogen-bond donors (Lipinski definition) is 0. The Morgan fingerprint density at radius 3 is 2.82 bits per heavy atom. The zero-order valence-electron chi connectivity index (χ0n) is 9.29. The van der Waals surface area contributed by atoms with Crippen molar-refractivity contribution in [2.24, 2.45) is 5.10 Å². The third-order valence-corrected chi connectivity index (χ3v) is 2.58. The van der Waals surface area contributed by atoms with Gasteiger partial charge in [-0.2, -0.15) is 23.3 Å². The van der Waals surface area contributed by atoms with Gasteiger partial charge in [0.15, 0.2) is 0 Å². The Kier molecular flexibility index (Phi) is 3.46. The van der Waals surface area contributed by atoms with Gasteiger partial charge < -0.3 is 9.91 Å². The molecule has 4 heteroatoms. The molecule has 1 aliphatic rings. The summed E-state index contributed by atoms with van der Waals surface area (Å²) in [5.74, 6) is 0. The van der Waals surface area contributed by atoms with Gasteiger partial charge in [-0.1, -0.05) is 23.9 Å². The molecule has 0 unspecified atom stereocenters. The minimum absolute atomic E-state index is 0. The second kappa shape index (κ2) is 4.86. The molecule has 2 aromatic rings. The Morgan fingerprint density at radius 1 is 1.24 bits per heavy atom. The summed E-state index contributed by atoms with van der Waals surface area (Å²) in [7, 11) is 1.95. The van der Waals surface area contributed by atoms with Gasteiger partial charge in [0.2, 0.25) is 0 Å². The third kappa shape index (κ3) is 2.19. The van der Waals surface area contributed by atoms with E-state index in [1.807, 2.05) is 41.8 Å². The molecular formula is C13H11IrN3-2. The van der Waals surface area contributed by atoms with E-state index in [-0.39, 0.29) is 20.1 Å². The van der Waals surface area contributed by atoms with E-state index in [0.717, 1.165) is 11.1 Å². The number of anilines is 1. The van der Waals surface area contributed by atoms with E-state index in [1.54, 1.807) is 6.34 Å². The van der Waals surface area contributed by atoms with Gasteiger partial charge in [-0.25, -0.2) is 0 Å². The van der Waals surface area contributed by atoms with Crippen LogP contribution in [0.25, 0.3) is 10.8 Å². The van der Waals surface area contributed by atoms with Crippen molar-refractivity contribution < 1.29 is 20.1 Å². The van der Waals surface area contributed by atoms with Crippen molar-refractivity contribution in [3.8, 4) is 0 Å². The fourth-order valence-corrected chi connectivity index (χ4v) is 1.82. The van der Waals surface area contributed by atoms with Crippen molar-refractivity contribution >= 4 is 22.8 Å². The van der Waals surface area contributed by atoms with E-state index in [0.29, 0.717) is 0 Å². The van der Waals surface area contributed by atoms with Gasteiger partial charge in [0.05, 0.1) is 6.34 Å². The first-order chi connectivity index (χ1) is 7.84. The molecule has 0 aliphatic carbocycles. The smallest absolute Gasteiger partial charge is 0.0803 e. The molecule has 0 amide bonds. The second-order valence-electron chi connectivity index (χ2n) is 3.77. The summed E-state index contributed by atoms with van der Waals surface area (Å²) in [4.78, 5) is 1.91. The molecule has 1 heterocycles. The van der Waals surface area contributed by atoms with Crippen molar-refractivity contribution in [3.05, 3.63) is 49.1 Å². The fraction of sp³-hybridized carbons (Fsp3) is 0.0769. The number of fused-ring (bicyclic) bond motifs is 1. The van der Waals surface area contributed by atoms with E-state index in [4.69, 9.17) is 0 Å². The number of hydrogen-bond acceptors (Lipinski definition) is 3. The fourth-order valence-electron chi connectivity index (χ4n) is 1.82. The van der Waals surface area contributed by atoms with E-state index in [1.165, 1.54) is 5.39 Å². The van der Waals surface area contributed by atoms with Crippen LogP contribution < -0.4 is 5.01 Å². The van der Waals surface area contributed by atoms with Crippen LogP contribution in [0.4, 0.5) is 5.69 Å². The van der Waals surface area contributed by atoms with E-state index < -0.39 is 0 Å². The van der Waals surface area contributed by atoms with E-state index in [2.05, 4.69) is 29.4 Å². The molecule has 0 fully saturated rings. The standard InChI is InChI=1S/C13H11N3.Ir/c1-15-9-14-16(10-15)13-8-4-6-11-5-2-3-7-12(11)13;/h2-7,9-10H,1H3;/q-2;. The number of nitrogens with zero attached hydrogens (tertiary/aromatic N) is 3. The van der Waals surface area contributed by atoms with E-state index >= 15 is 0 Å². The Hall–Kier alpha value is -1.38. The van der Waals surface area contributed by atoms with Crippen molar-refractivity contribution in [1.82, 2.24) is 4.90 Å². The predicted octanol–water partition coefficient (Wildman–Crippen LogP) is 2.45. The van der Waals surface area contributed by atoms with Crippen LogP contribution in [0.3, 0.4) is 0 Å². The molecular weight excluding hydrogens is 390 g/mol. The zero-order chi connectivity index (χ0) is 11.0. The summed E-state index contributed by atoms with van der Waals surface area (Å²) in [6.45, 7) is 1.93. The van der Waals surface area contributed by atoms with Crippen LogP contribution >= 0.6 is 0 Å². The predicted molar refractivity (Wildman–Crippen MR) is 65.8 cm³/mol. The summed E-state index contributed by atoms with van der Waals surface area (Å²) in [6.07, 6.45) is 1.77. The molecule has 0 aromatic heterocycles. The SMILES string of the molecule is CN1C=NN(c2[c-]ccc3ccccc23)[CH-]1.[Ir]. The van der Waals surface area contributed by atoms with Crippen LogP contribution in [-0.4, -0.2) is 18.3 Å². The topological polar surface area (TPSA) is 18.8 Å². The van der Waals surface area contributed by atoms with Gasteiger partial charge in [0, 0.05) is 20.1 Å². The van der Waals surface area contributed by atoms with Gasteiger partial charge >= 0.3 is 0 Å². The first-order valence-electron chi connectivity index (χ1n) is 5.14. The summed E-state index contributed by atoms with van der Waals surface area (Å²) < 4.78 is 0. The molecule has 1 radical (unpaired) electrons. The van der Waals surface area contributed by atoms with Crippen molar-refractivity contribution in [1.29, 1.82) is 0 Å². The average Bonchev–Trinajstić information content (AvgIpc) is 2.75. The largest absolute Gasteiger partial charge is 0.493 e. The van der Waals surface area contributed by atoms with Gasteiger partial charge in [0.25, 0.3) is 0 Å². The molecule has 0 atom stereocenters. The van der Waals surface area contributed by atoms with Crippen LogP contribution in [0.15, 0.2) is 41.5 Å². The molecule has 89 valence electrons. The van der Waals surface area contributed by atoms with Crippen LogP contribution in [0, 0.1) is 12.7 Å². The van der Waals surface area contributed by atoms with E-state index in [9.17, 15) is 0 Å². The minimum Gasteiger partial charge on any atom is -0.493 e. The maximum atomic E-state index is 4.28. The number of rotatable bonds is 1. The Labute approximate surface area is 114 Å². The van der Waals surface area contributed by atoms with Crippen LogP contribution in [0.5, 0.6) is 0 Å².